The zero-order chi connectivity index (χ0) is 15.1. The van der Waals surface area contributed by atoms with Gasteiger partial charge in [0.1, 0.15) is 5.82 Å². The van der Waals surface area contributed by atoms with Crippen LogP contribution in [0.4, 0.5) is 4.39 Å². The molecule has 0 aliphatic carbocycles. The third-order valence-corrected chi connectivity index (χ3v) is 4.06. The molecule has 0 aromatic heterocycles. The van der Waals surface area contributed by atoms with Gasteiger partial charge in [0, 0.05) is 6.54 Å². The molecule has 114 valence electrons. The van der Waals surface area contributed by atoms with E-state index < -0.39 is 0 Å². The summed E-state index contributed by atoms with van der Waals surface area (Å²) in [5.74, 6) is 0.442. The van der Waals surface area contributed by atoms with E-state index in [-0.39, 0.29) is 5.82 Å². The molecule has 1 aromatic rings. The molecule has 2 rings (SSSR count). The monoisotopic (exact) mass is 289 g/mol. The van der Waals surface area contributed by atoms with Crippen LogP contribution in [0.3, 0.4) is 0 Å². The summed E-state index contributed by atoms with van der Waals surface area (Å²) in [6.07, 6.45) is 3.56. The third-order valence-electron chi connectivity index (χ3n) is 4.06. The maximum atomic E-state index is 13.4. The smallest absolute Gasteiger partial charge is 0.124 e. The van der Waals surface area contributed by atoms with Crippen molar-refractivity contribution >= 4 is 0 Å². The van der Waals surface area contributed by atoms with E-state index in [4.69, 9.17) is 5.26 Å². The van der Waals surface area contributed by atoms with Crippen LogP contribution in [-0.2, 0) is 6.54 Å². The van der Waals surface area contributed by atoms with E-state index in [1.165, 1.54) is 31.4 Å². The van der Waals surface area contributed by atoms with Crippen molar-refractivity contribution in [2.45, 2.75) is 32.7 Å². The molecular formula is C17H24FN3. The molecule has 1 fully saturated rings. The highest BCUT2D eigenvalue weighted by molar-refractivity contribution is 5.33. The Bertz CT molecular complexity index is 487. The first kappa shape index (κ1) is 15.9. The minimum atomic E-state index is -0.317. The zero-order valence-electron chi connectivity index (χ0n) is 12.7. The van der Waals surface area contributed by atoms with Gasteiger partial charge < -0.3 is 5.32 Å². The molecule has 4 heteroatoms. The van der Waals surface area contributed by atoms with Crippen LogP contribution >= 0.6 is 0 Å². The molecule has 0 spiro atoms. The molecule has 0 radical (unpaired) electrons. The fraction of sp³-hybridized carbons (Fsp3) is 0.588. The topological polar surface area (TPSA) is 39.1 Å². The summed E-state index contributed by atoms with van der Waals surface area (Å²) >= 11 is 0. The number of hydrogen-bond donors (Lipinski definition) is 1. The van der Waals surface area contributed by atoms with Gasteiger partial charge >= 0.3 is 0 Å². The van der Waals surface area contributed by atoms with Crippen molar-refractivity contribution in [1.82, 2.24) is 10.2 Å². The van der Waals surface area contributed by atoms with E-state index in [0.29, 0.717) is 5.56 Å². The van der Waals surface area contributed by atoms with Gasteiger partial charge in [0.25, 0.3) is 0 Å². The molecule has 1 heterocycles. The van der Waals surface area contributed by atoms with Crippen LogP contribution in [0.5, 0.6) is 0 Å². The second-order valence-corrected chi connectivity index (χ2v) is 5.88. The van der Waals surface area contributed by atoms with E-state index >= 15 is 0 Å². The van der Waals surface area contributed by atoms with Crippen molar-refractivity contribution < 1.29 is 4.39 Å². The number of nitrogens with one attached hydrogen (secondary N) is 1. The van der Waals surface area contributed by atoms with Crippen molar-refractivity contribution in [3.63, 3.8) is 0 Å². The van der Waals surface area contributed by atoms with Crippen LogP contribution in [0.25, 0.3) is 0 Å². The molecule has 0 saturated carbocycles. The summed E-state index contributed by atoms with van der Waals surface area (Å²) in [5.41, 5.74) is 1.30. The summed E-state index contributed by atoms with van der Waals surface area (Å²) in [6, 6.07) is 6.63. The molecule has 21 heavy (non-hydrogen) atoms. The summed E-state index contributed by atoms with van der Waals surface area (Å²) in [4.78, 5) is 2.35. The quantitative estimate of drug-likeness (QED) is 0.818. The number of likely N-dealkylation sites (tertiary alicyclic amines) is 1. The van der Waals surface area contributed by atoms with Gasteiger partial charge in [-0.15, -0.1) is 0 Å². The van der Waals surface area contributed by atoms with Crippen molar-refractivity contribution in [3.8, 4) is 6.07 Å². The average Bonchev–Trinajstić information content (AvgIpc) is 2.48. The first-order valence-electron chi connectivity index (χ1n) is 7.84. The van der Waals surface area contributed by atoms with Crippen molar-refractivity contribution in [2.24, 2.45) is 5.92 Å². The Morgan fingerprint density at radius 2 is 2.10 bits per heavy atom. The number of nitrogens with zero attached hydrogens (tertiary/aromatic N) is 2. The van der Waals surface area contributed by atoms with Gasteiger partial charge in [-0.2, -0.15) is 5.26 Å². The summed E-state index contributed by atoms with van der Waals surface area (Å²) < 4.78 is 13.4. The van der Waals surface area contributed by atoms with Gasteiger partial charge in [0.05, 0.1) is 11.6 Å². The fourth-order valence-electron chi connectivity index (χ4n) is 2.90. The van der Waals surface area contributed by atoms with Crippen LogP contribution in [0, 0.1) is 23.1 Å². The standard InChI is InChI=1S/C17H24FN3/c1-2-5-20-12-14-3-6-21(7-4-14)13-16-8-15(11-19)9-17(18)10-16/h8-10,14,20H,2-7,12-13H2,1H3. The second kappa shape index (κ2) is 8.11. The minimum absolute atomic E-state index is 0.317. The highest BCUT2D eigenvalue weighted by atomic mass is 19.1. The summed E-state index contributed by atoms with van der Waals surface area (Å²) in [5, 5.41) is 12.4. The van der Waals surface area contributed by atoms with Crippen LogP contribution < -0.4 is 5.32 Å². The third kappa shape index (κ3) is 5.11. The number of rotatable bonds is 6. The first-order chi connectivity index (χ1) is 10.2. The molecule has 3 nitrogen and oxygen atoms in total. The molecule has 1 aliphatic rings. The van der Waals surface area contributed by atoms with Gasteiger partial charge in [-0.1, -0.05) is 6.92 Å². The Morgan fingerprint density at radius 1 is 1.33 bits per heavy atom. The second-order valence-electron chi connectivity index (χ2n) is 5.88. The van der Waals surface area contributed by atoms with Gasteiger partial charge in [-0.05, 0) is 75.1 Å². The van der Waals surface area contributed by atoms with E-state index in [9.17, 15) is 4.39 Å². The van der Waals surface area contributed by atoms with E-state index in [1.54, 1.807) is 6.07 Å². The number of piperidine rings is 1. The maximum Gasteiger partial charge on any atom is 0.124 e. The molecule has 1 N–H and O–H groups in total. The van der Waals surface area contributed by atoms with Crippen LogP contribution in [-0.4, -0.2) is 31.1 Å². The number of benzene rings is 1. The van der Waals surface area contributed by atoms with Gasteiger partial charge in [0.2, 0.25) is 0 Å². The lowest BCUT2D eigenvalue weighted by Gasteiger charge is -2.32. The maximum absolute atomic E-state index is 13.4. The van der Waals surface area contributed by atoms with E-state index in [1.807, 2.05) is 6.07 Å². The van der Waals surface area contributed by atoms with E-state index in [2.05, 4.69) is 17.1 Å². The number of nitriles is 1. The molecule has 0 unspecified atom stereocenters. The molecule has 0 atom stereocenters. The Hall–Kier alpha value is -1.44. The van der Waals surface area contributed by atoms with Crippen molar-refractivity contribution in [3.05, 3.63) is 35.1 Å². The highest BCUT2D eigenvalue weighted by Crippen LogP contribution is 2.19. The fourth-order valence-corrected chi connectivity index (χ4v) is 2.90. The molecule has 0 bridgehead atoms. The van der Waals surface area contributed by atoms with Gasteiger partial charge in [0.15, 0.2) is 0 Å². The van der Waals surface area contributed by atoms with Crippen molar-refractivity contribution in [1.29, 1.82) is 5.26 Å². The highest BCUT2D eigenvalue weighted by Gasteiger charge is 2.19. The van der Waals surface area contributed by atoms with Crippen LogP contribution in [0.1, 0.15) is 37.3 Å². The van der Waals surface area contributed by atoms with Crippen LogP contribution in [0.15, 0.2) is 18.2 Å². The molecule has 0 amide bonds. The van der Waals surface area contributed by atoms with Crippen molar-refractivity contribution in [2.75, 3.05) is 26.2 Å². The lowest BCUT2D eigenvalue weighted by Crippen LogP contribution is -2.37. The summed E-state index contributed by atoms with van der Waals surface area (Å²) in [6.45, 7) is 7.24. The average molecular weight is 289 g/mol. The predicted molar refractivity (Wildman–Crippen MR) is 82.3 cm³/mol. The summed E-state index contributed by atoms with van der Waals surface area (Å²) in [7, 11) is 0. The Labute approximate surface area is 126 Å². The number of halogens is 1. The molecular weight excluding hydrogens is 265 g/mol. The zero-order valence-corrected chi connectivity index (χ0v) is 12.7. The van der Waals surface area contributed by atoms with Gasteiger partial charge in [-0.3, -0.25) is 4.90 Å². The number of hydrogen-bond acceptors (Lipinski definition) is 3. The Morgan fingerprint density at radius 3 is 2.76 bits per heavy atom. The molecule has 1 aromatic carbocycles. The SMILES string of the molecule is CCCNCC1CCN(Cc2cc(F)cc(C#N)c2)CC1. The Balaban J connectivity index is 1.81. The largest absolute Gasteiger partial charge is 0.316 e. The lowest BCUT2D eigenvalue weighted by molar-refractivity contribution is 0.175. The molecule has 1 aliphatic heterocycles. The molecule has 1 saturated heterocycles. The Kier molecular flexibility index (Phi) is 6.16. The first-order valence-corrected chi connectivity index (χ1v) is 7.84. The minimum Gasteiger partial charge on any atom is -0.316 e. The normalized spacial score (nSPS) is 16.8. The van der Waals surface area contributed by atoms with Crippen LogP contribution in [0.2, 0.25) is 0 Å². The van der Waals surface area contributed by atoms with E-state index in [0.717, 1.165) is 44.2 Å². The lowest BCUT2D eigenvalue weighted by atomic mass is 9.96. The predicted octanol–water partition coefficient (Wildman–Crippen LogP) is 2.91. The van der Waals surface area contributed by atoms with Gasteiger partial charge in [-0.25, -0.2) is 4.39 Å².